The Kier molecular flexibility index (Phi) is 5.25. The van der Waals surface area contributed by atoms with Crippen molar-refractivity contribution in [3.05, 3.63) is 0 Å². The highest BCUT2D eigenvalue weighted by atomic mass is 32.2. The summed E-state index contributed by atoms with van der Waals surface area (Å²) in [6, 6.07) is 1.38. The van der Waals surface area contributed by atoms with Crippen molar-refractivity contribution in [2.45, 2.75) is 19.9 Å². The maximum atomic E-state index is 11.6. The summed E-state index contributed by atoms with van der Waals surface area (Å²) in [7, 11) is -2.65. The zero-order valence-electron chi connectivity index (χ0n) is 8.93. The fourth-order valence-electron chi connectivity index (χ4n) is 0.963. The summed E-state index contributed by atoms with van der Waals surface area (Å²) >= 11 is 0. The first-order valence-electron chi connectivity index (χ1n) is 4.28. The van der Waals surface area contributed by atoms with Crippen molar-refractivity contribution >= 4 is 16.0 Å². The Balaban J connectivity index is 4.82. The summed E-state index contributed by atoms with van der Waals surface area (Å²) in [5, 5.41) is 8.47. The Labute approximate surface area is 89.5 Å². The topological polar surface area (TPSA) is 87.5 Å². The van der Waals surface area contributed by atoms with Gasteiger partial charge in [-0.15, -0.1) is 0 Å². The van der Waals surface area contributed by atoms with Crippen molar-refractivity contribution in [3.8, 4) is 6.07 Å². The number of sulfonamides is 1. The normalized spacial score (nSPS) is 11.5. The third-order valence-electron chi connectivity index (χ3n) is 1.69. The van der Waals surface area contributed by atoms with Crippen LogP contribution in [0.3, 0.4) is 0 Å². The highest BCUT2D eigenvalue weighted by Gasteiger charge is 2.27. The molecule has 0 amide bonds. The number of nitriles is 1. The molecule has 7 heteroatoms. The fourth-order valence-corrected chi connectivity index (χ4v) is 2.44. The molecule has 0 atom stereocenters. The van der Waals surface area contributed by atoms with Gasteiger partial charge in [-0.25, -0.2) is 8.42 Å². The Morgan fingerprint density at radius 3 is 2.40 bits per heavy atom. The first kappa shape index (κ1) is 13.9. The largest absolute Gasteiger partial charge is 0.468 e. The molecule has 0 aliphatic heterocycles. The molecular formula is C8H14N2O4S. The maximum Gasteiger partial charge on any atom is 0.322 e. The lowest BCUT2D eigenvalue weighted by molar-refractivity contribution is -0.137. The van der Waals surface area contributed by atoms with Gasteiger partial charge in [0.2, 0.25) is 10.0 Å². The van der Waals surface area contributed by atoms with Crippen LogP contribution in [0.4, 0.5) is 0 Å². The van der Waals surface area contributed by atoms with E-state index in [4.69, 9.17) is 5.26 Å². The number of hydrogen-bond acceptors (Lipinski definition) is 5. The van der Waals surface area contributed by atoms with E-state index >= 15 is 0 Å². The number of methoxy groups -OCH3 is 1. The Morgan fingerprint density at radius 1 is 1.53 bits per heavy atom. The van der Waals surface area contributed by atoms with Crippen molar-refractivity contribution in [2.24, 2.45) is 0 Å². The molecule has 0 aliphatic carbocycles. The lowest BCUT2D eigenvalue weighted by atomic mass is 10.4. The van der Waals surface area contributed by atoms with E-state index in [-0.39, 0.29) is 12.6 Å². The number of rotatable bonds is 5. The second kappa shape index (κ2) is 5.68. The molecule has 0 heterocycles. The molecule has 0 radical (unpaired) electrons. The third kappa shape index (κ3) is 4.27. The third-order valence-corrected chi connectivity index (χ3v) is 3.55. The number of ether oxygens (including phenoxy) is 1. The molecule has 0 N–H and O–H groups in total. The smallest absolute Gasteiger partial charge is 0.322 e. The summed E-state index contributed by atoms with van der Waals surface area (Å²) in [4.78, 5) is 10.8. The van der Waals surface area contributed by atoms with Gasteiger partial charge in [0.1, 0.15) is 6.54 Å². The molecule has 0 rings (SSSR count). The molecule has 86 valence electrons. The van der Waals surface area contributed by atoms with Crippen LogP contribution < -0.4 is 0 Å². The van der Waals surface area contributed by atoms with E-state index in [2.05, 4.69) is 4.74 Å². The van der Waals surface area contributed by atoms with Crippen LogP contribution in [0.2, 0.25) is 0 Å². The van der Waals surface area contributed by atoms with Gasteiger partial charge >= 0.3 is 5.97 Å². The number of nitrogens with zero attached hydrogens (tertiary/aromatic N) is 2. The van der Waals surface area contributed by atoms with E-state index in [9.17, 15) is 13.2 Å². The van der Waals surface area contributed by atoms with Crippen LogP contribution in [0.5, 0.6) is 0 Å². The van der Waals surface area contributed by atoms with Crippen LogP contribution >= 0.6 is 0 Å². The van der Waals surface area contributed by atoms with Crippen LogP contribution in [0.1, 0.15) is 13.8 Å². The number of hydrogen-bond donors (Lipinski definition) is 0. The molecule has 0 aromatic carbocycles. The molecule has 0 spiro atoms. The zero-order chi connectivity index (χ0) is 12.1. The van der Waals surface area contributed by atoms with E-state index in [1.165, 1.54) is 0 Å². The molecule has 0 unspecified atom stereocenters. The van der Waals surface area contributed by atoms with Gasteiger partial charge in [0.05, 0.1) is 13.2 Å². The minimum Gasteiger partial charge on any atom is -0.468 e. The van der Waals surface area contributed by atoms with Crippen LogP contribution in [-0.4, -0.2) is 44.1 Å². The zero-order valence-corrected chi connectivity index (χ0v) is 9.74. The van der Waals surface area contributed by atoms with E-state index in [1.807, 2.05) is 0 Å². The second-order valence-electron chi connectivity index (χ2n) is 3.13. The molecule has 0 saturated carbocycles. The molecule has 0 aromatic rings. The summed E-state index contributed by atoms with van der Waals surface area (Å²) in [6.07, 6.45) is 0. The second-order valence-corrected chi connectivity index (χ2v) is 5.05. The molecule has 0 fully saturated rings. The SMILES string of the molecule is COC(=O)CS(=O)(=O)N(CC#N)C(C)C. The fraction of sp³-hybridized carbons (Fsp3) is 0.750. The maximum absolute atomic E-state index is 11.6. The van der Waals surface area contributed by atoms with Crippen LogP contribution in [0, 0.1) is 11.3 Å². The first-order chi connectivity index (χ1) is 6.85. The van der Waals surface area contributed by atoms with Gasteiger partial charge in [0, 0.05) is 6.04 Å². The van der Waals surface area contributed by atoms with E-state index < -0.39 is 21.7 Å². The molecular weight excluding hydrogens is 220 g/mol. The Bertz CT molecular complexity index is 355. The Morgan fingerprint density at radius 2 is 2.07 bits per heavy atom. The highest BCUT2D eigenvalue weighted by molar-refractivity contribution is 7.89. The van der Waals surface area contributed by atoms with Crippen LogP contribution in [0.25, 0.3) is 0 Å². The molecule has 0 aromatic heterocycles. The lowest BCUT2D eigenvalue weighted by Crippen LogP contribution is -2.40. The predicted molar refractivity (Wildman–Crippen MR) is 53.3 cm³/mol. The van der Waals surface area contributed by atoms with E-state index in [1.54, 1.807) is 19.9 Å². The average molecular weight is 234 g/mol. The first-order valence-corrected chi connectivity index (χ1v) is 5.89. The molecule has 6 nitrogen and oxygen atoms in total. The minimum absolute atomic E-state index is 0.267. The molecule has 15 heavy (non-hydrogen) atoms. The predicted octanol–water partition coefficient (Wildman–Crippen LogP) is -0.277. The number of carbonyl (C=O) groups excluding carboxylic acids is 1. The monoisotopic (exact) mass is 234 g/mol. The van der Waals surface area contributed by atoms with Gasteiger partial charge in [-0.3, -0.25) is 4.79 Å². The number of carbonyl (C=O) groups is 1. The molecule has 0 bridgehead atoms. The summed E-state index contributed by atoms with van der Waals surface area (Å²) < 4.78 is 28.4. The van der Waals surface area contributed by atoms with Crippen LogP contribution in [0.15, 0.2) is 0 Å². The quantitative estimate of drug-likeness (QED) is 0.482. The van der Waals surface area contributed by atoms with Gasteiger partial charge in [0.25, 0.3) is 0 Å². The van der Waals surface area contributed by atoms with Crippen molar-refractivity contribution in [2.75, 3.05) is 19.4 Å². The van der Waals surface area contributed by atoms with E-state index in [0.29, 0.717) is 0 Å². The summed E-state index contributed by atoms with van der Waals surface area (Å²) in [6.45, 7) is 3.00. The molecule has 0 saturated heterocycles. The van der Waals surface area contributed by atoms with Crippen molar-refractivity contribution in [1.82, 2.24) is 4.31 Å². The van der Waals surface area contributed by atoms with Crippen molar-refractivity contribution < 1.29 is 17.9 Å². The van der Waals surface area contributed by atoms with Gasteiger partial charge < -0.3 is 4.74 Å². The van der Waals surface area contributed by atoms with Crippen molar-refractivity contribution in [1.29, 1.82) is 5.26 Å². The average Bonchev–Trinajstić information content (AvgIpc) is 2.12. The Hall–Kier alpha value is -1.13. The van der Waals surface area contributed by atoms with Gasteiger partial charge in [0.15, 0.2) is 5.75 Å². The summed E-state index contributed by atoms with van der Waals surface area (Å²) in [5.74, 6) is -1.57. The van der Waals surface area contributed by atoms with Gasteiger partial charge in [-0.2, -0.15) is 9.57 Å². The van der Waals surface area contributed by atoms with E-state index in [0.717, 1.165) is 11.4 Å². The minimum atomic E-state index is -3.76. The number of esters is 1. The van der Waals surface area contributed by atoms with Gasteiger partial charge in [-0.05, 0) is 13.8 Å². The standard InChI is InChI=1S/C8H14N2O4S/c1-7(2)10(5-4-9)15(12,13)6-8(11)14-3/h7H,5-6H2,1-3H3. The van der Waals surface area contributed by atoms with Gasteiger partial charge in [-0.1, -0.05) is 0 Å². The van der Waals surface area contributed by atoms with Crippen molar-refractivity contribution in [3.63, 3.8) is 0 Å². The molecule has 0 aliphatic rings. The highest BCUT2D eigenvalue weighted by Crippen LogP contribution is 2.07. The lowest BCUT2D eigenvalue weighted by Gasteiger charge is -2.22. The summed E-state index contributed by atoms with van der Waals surface area (Å²) in [5.41, 5.74) is 0. The van der Waals surface area contributed by atoms with Crippen LogP contribution in [-0.2, 0) is 19.6 Å².